The van der Waals surface area contributed by atoms with Gasteiger partial charge in [0.05, 0.1) is 6.57 Å². The van der Waals surface area contributed by atoms with Crippen LogP contribution in [0.15, 0.2) is 203 Å². The van der Waals surface area contributed by atoms with Crippen molar-refractivity contribution in [2.75, 3.05) is 0 Å². The summed E-state index contributed by atoms with van der Waals surface area (Å²) in [5.41, 5.74) is 11.0. The summed E-state index contributed by atoms with van der Waals surface area (Å²) in [6, 6.07) is 66.6. The highest BCUT2D eigenvalue weighted by Crippen LogP contribution is 2.44. The molecule has 64 heavy (non-hydrogen) atoms. The normalized spacial score (nSPS) is 11.7. The van der Waals surface area contributed by atoms with E-state index < -0.39 is 0 Å². The predicted molar refractivity (Wildman–Crippen MR) is 260 cm³/mol. The molecular weight excluding hydrogens is 785 g/mol. The summed E-state index contributed by atoms with van der Waals surface area (Å²) in [7, 11) is 0. The molecule has 0 spiro atoms. The standard InChI is InChI=1S/C58H32N4O2/c1-59-50-30-29-40(41-13-5-6-14-44(41)50)35-21-19-34(20-22-35)37-23-26-42-43-27-24-38(32-49(43)55-54(48(42)31-37)47-16-8-10-18-52(47)64-55)57-60-56(36-11-3-2-4-12-36)61-58(62-57)39-25-28-46-45-15-7-9-17-51(45)63-53(46)33-39/h2-33H. The zero-order valence-electron chi connectivity index (χ0n) is 34.1. The Balaban J connectivity index is 0.960. The van der Waals surface area contributed by atoms with Crippen molar-refractivity contribution in [1.82, 2.24) is 15.0 Å². The van der Waals surface area contributed by atoms with E-state index in [1.807, 2.05) is 91.0 Å². The maximum atomic E-state index is 7.67. The summed E-state index contributed by atoms with van der Waals surface area (Å²) in [5, 5.41) is 10.6. The van der Waals surface area contributed by atoms with E-state index in [1.165, 1.54) is 0 Å². The Morgan fingerprint density at radius 2 is 0.859 bits per heavy atom. The molecular formula is C58H32N4O2. The molecule has 0 aliphatic carbocycles. The highest BCUT2D eigenvalue weighted by molar-refractivity contribution is 6.31. The van der Waals surface area contributed by atoms with Gasteiger partial charge in [0.1, 0.15) is 22.3 Å². The van der Waals surface area contributed by atoms with Crippen LogP contribution in [0.4, 0.5) is 5.69 Å². The molecule has 0 unspecified atom stereocenters. The van der Waals surface area contributed by atoms with Crippen molar-refractivity contribution < 1.29 is 8.83 Å². The number of aromatic nitrogens is 3. The monoisotopic (exact) mass is 816 g/mol. The topological polar surface area (TPSA) is 69.3 Å². The number of hydrogen-bond acceptors (Lipinski definition) is 5. The van der Waals surface area contributed by atoms with Crippen LogP contribution in [0.5, 0.6) is 0 Å². The average molecular weight is 817 g/mol. The molecule has 0 bridgehead atoms. The Morgan fingerprint density at radius 1 is 0.328 bits per heavy atom. The summed E-state index contributed by atoms with van der Waals surface area (Å²) in [6.07, 6.45) is 0. The van der Waals surface area contributed by atoms with Crippen molar-refractivity contribution in [3.05, 3.63) is 206 Å². The lowest BCUT2D eigenvalue weighted by Gasteiger charge is -2.12. The summed E-state index contributed by atoms with van der Waals surface area (Å²) in [6.45, 7) is 7.67. The smallest absolute Gasteiger partial charge is 0.194 e. The maximum absolute atomic E-state index is 7.67. The van der Waals surface area contributed by atoms with E-state index >= 15 is 0 Å². The van der Waals surface area contributed by atoms with E-state index in [1.54, 1.807) is 0 Å². The maximum Gasteiger partial charge on any atom is 0.194 e. The lowest BCUT2D eigenvalue weighted by molar-refractivity contribution is 0.669. The minimum absolute atomic E-state index is 0.561. The molecule has 0 saturated heterocycles. The highest BCUT2D eigenvalue weighted by atomic mass is 16.3. The van der Waals surface area contributed by atoms with Crippen LogP contribution < -0.4 is 0 Å². The van der Waals surface area contributed by atoms with Crippen molar-refractivity contribution in [3.8, 4) is 56.4 Å². The van der Waals surface area contributed by atoms with Gasteiger partial charge in [0.15, 0.2) is 23.2 Å². The van der Waals surface area contributed by atoms with Gasteiger partial charge in [0.2, 0.25) is 0 Å². The fraction of sp³-hybridized carbons (Fsp3) is 0. The third-order valence-electron chi connectivity index (χ3n) is 12.6. The van der Waals surface area contributed by atoms with E-state index in [0.717, 1.165) is 115 Å². The second-order valence-electron chi connectivity index (χ2n) is 16.2. The van der Waals surface area contributed by atoms with E-state index in [2.05, 4.69) is 108 Å². The van der Waals surface area contributed by atoms with Gasteiger partial charge in [-0.2, -0.15) is 0 Å². The van der Waals surface area contributed by atoms with Gasteiger partial charge < -0.3 is 8.83 Å². The van der Waals surface area contributed by atoms with Crippen LogP contribution >= 0.6 is 0 Å². The fourth-order valence-electron chi connectivity index (χ4n) is 9.46. The highest BCUT2D eigenvalue weighted by Gasteiger charge is 2.20. The summed E-state index contributed by atoms with van der Waals surface area (Å²) < 4.78 is 13.1. The quantitative estimate of drug-likeness (QED) is 0.128. The van der Waals surface area contributed by atoms with E-state index in [4.69, 9.17) is 30.4 Å². The minimum Gasteiger partial charge on any atom is -0.456 e. The molecule has 0 fully saturated rings. The lowest BCUT2D eigenvalue weighted by atomic mass is 9.92. The minimum atomic E-state index is 0.561. The van der Waals surface area contributed by atoms with Gasteiger partial charge in [-0.1, -0.05) is 158 Å². The first-order valence-electron chi connectivity index (χ1n) is 21.2. The van der Waals surface area contributed by atoms with Gasteiger partial charge in [0, 0.05) is 43.6 Å². The molecule has 0 aliphatic rings. The van der Waals surface area contributed by atoms with Crippen molar-refractivity contribution in [2.45, 2.75) is 0 Å². The second kappa shape index (κ2) is 14.1. The van der Waals surface area contributed by atoms with Crippen molar-refractivity contribution >= 4 is 81.9 Å². The van der Waals surface area contributed by atoms with Crippen molar-refractivity contribution in [3.63, 3.8) is 0 Å². The van der Waals surface area contributed by atoms with Crippen LogP contribution in [0.1, 0.15) is 0 Å². The van der Waals surface area contributed by atoms with E-state index in [9.17, 15) is 0 Å². The number of furan rings is 2. The fourth-order valence-corrected chi connectivity index (χ4v) is 9.46. The SMILES string of the molecule is [C-]#[N+]c1ccc(-c2ccc(-c3ccc4c5ccc(-c6nc(-c7ccccc7)nc(-c7ccc8c(c7)oc7ccccc78)n6)cc5c5oc6ccccc6c5c4c3)cc2)c2ccccc12. The Bertz CT molecular complexity index is 4090. The molecule has 296 valence electrons. The molecule has 3 heterocycles. The Kier molecular flexibility index (Phi) is 7.87. The van der Waals surface area contributed by atoms with E-state index in [-0.39, 0.29) is 0 Å². The summed E-state index contributed by atoms with van der Waals surface area (Å²) >= 11 is 0. The molecule has 13 aromatic rings. The van der Waals surface area contributed by atoms with Crippen LogP contribution in [0, 0.1) is 6.57 Å². The molecule has 0 atom stereocenters. The van der Waals surface area contributed by atoms with Crippen LogP contribution in [-0.4, -0.2) is 15.0 Å². The Morgan fingerprint density at radius 3 is 1.61 bits per heavy atom. The number of rotatable bonds is 5. The van der Waals surface area contributed by atoms with Gasteiger partial charge in [-0.25, -0.2) is 19.8 Å². The third-order valence-corrected chi connectivity index (χ3v) is 12.6. The molecule has 0 N–H and O–H groups in total. The van der Waals surface area contributed by atoms with Crippen LogP contribution in [0.2, 0.25) is 0 Å². The molecule has 3 aromatic heterocycles. The molecule has 6 heteroatoms. The Hall–Kier alpha value is -8.92. The van der Waals surface area contributed by atoms with Crippen LogP contribution in [0.3, 0.4) is 0 Å². The van der Waals surface area contributed by atoms with Gasteiger partial charge >= 0.3 is 0 Å². The van der Waals surface area contributed by atoms with Crippen molar-refractivity contribution in [1.29, 1.82) is 0 Å². The zero-order valence-corrected chi connectivity index (χ0v) is 34.1. The predicted octanol–water partition coefficient (Wildman–Crippen LogP) is 16.0. The summed E-state index contributed by atoms with van der Waals surface area (Å²) in [5.74, 6) is 1.71. The lowest BCUT2D eigenvalue weighted by Crippen LogP contribution is -2.00. The number of hydrogen-bond donors (Lipinski definition) is 0. The number of fused-ring (bicyclic) bond motifs is 12. The summed E-state index contributed by atoms with van der Waals surface area (Å²) in [4.78, 5) is 19.0. The number of para-hydroxylation sites is 2. The second-order valence-corrected chi connectivity index (χ2v) is 16.2. The molecule has 13 rings (SSSR count). The van der Waals surface area contributed by atoms with Crippen LogP contribution in [0.25, 0.3) is 137 Å². The first-order valence-corrected chi connectivity index (χ1v) is 21.2. The van der Waals surface area contributed by atoms with Gasteiger partial charge in [-0.05, 0) is 85.6 Å². The zero-order chi connectivity index (χ0) is 42.3. The first kappa shape index (κ1) is 35.8. The average Bonchev–Trinajstić information content (AvgIpc) is 3.95. The molecule has 0 radical (unpaired) electrons. The largest absolute Gasteiger partial charge is 0.456 e. The molecule has 10 aromatic carbocycles. The molecule has 0 saturated carbocycles. The Labute approximate surface area is 366 Å². The molecule has 0 aliphatic heterocycles. The third kappa shape index (κ3) is 5.62. The molecule has 6 nitrogen and oxygen atoms in total. The van der Waals surface area contributed by atoms with Gasteiger partial charge in [-0.15, -0.1) is 0 Å². The number of benzene rings is 10. The van der Waals surface area contributed by atoms with Crippen LogP contribution in [-0.2, 0) is 0 Å². The van der Waals surface area contributed by atoms with Gasteiger partial charge in [-0.3, -0.25) is 0 Å². The van der Waals surface area contributed by atoms with Crippen molar-refractivity contribution in [2.24, 2.45) is 0 Å². The van der Waals surface area contributed by atoms with E-state index in [0.29, 0.717) is 23.2 Å². The number of nitrogens with zero attached hydrogens (tertiary/aromatic N) is 4. The first-order chi connectivity index (χ1) is 31.6. The molecule has 0 amide bonds. The van der Waals surface area contributed by atoms with Gasteiger partial charge in [0.25, 0.3) is 0 Å².